The van der Waals surface area contributed by atoms with E-state index in [1.807, 2.05) is 0 Å². The molecular formula is C15H11FN2O2S. The van der Waals surface area contributed by atoms with Gasteiger partial charge in [-0.25, -0.2) is 4.39 Å². The number of benzene rings is 1. The summed E-state index contributed by atoms with van der Waals surface area (Å²) >= 11 is 5.15. The molecule has 2 aromatic rings. The van der Waals surface area contributed by atoms with Crippen LogP contribution in [-0.2, 0) is 11.3 Å². The second kappa shape index (κ2) is 5.49. The van der Waals surface area contributed by atoms with Crippen molar-refractivity contribution in [2.24, 2.45) is 0 Å². The lowest BCUT2D eigenvalue weighted by Gasteiger charge is -2.13. The molecule has 1 saturated heterocycles. The highest BCUT2D eigenvalue weighted by atomic mass is 32.1. The molecular weight excluding hydrogens is 291 g/mol. The zero-order valence-electron chi connectivity index (χ0n) is 10.9. The van der Waals surface area contributed by atoms with E-state index in [2.05, 4.69) is 5.32 Å². The molecule has 4 nitrogen and oxygen atoms in total. The Hall–Kier alpha value is -2.47. The Balaban J connectivity index is 1.81. The Labute approximate surface area is 125 Å². The first-order valence-corrected chi connectivity index (χ1v) is 6.67. The highest BCUT2D eigenvalue weighted by Crippen LogP contribution is 2.17. The van der Waals surface area contributed by atoms with Crippen LogP contribution in [0.15, 0.2) is 52.8 Å². The summed E-state index contributed by atoms with van der Waals surface area (Å²) in [4.78, 5) is 13.7. The van der Waals surface area contributed by atoms with Crippen molar-refractivity contribution >= 4 is 29.3 Å². The molecule has 106 valence electrons. The van der Waals surface area contributed by atoms with Crippen molar-refractivity contribution in [2.45, 2.75) is 6.54 Å². The lowest BCUT2D eigenvalue weighted by Crippen LogP contribution is -2.30. The van der Waals surface area contributed by atoms with Gasteiger partial charge in [-0.2, -0.15) is 0 Å². The maximum absolute atomic E-state index is 13.2. The molecule has 1 amide bonds. The van der Waals surface area contributed by atoms with E-state index in [1.54, 1.807) is 30.3 Å². The number of nitrogens with zero attached hydrogens (tertiary/aromatic N) is 1. The molecule has 1 N–H and O–H groups in total. The van der Waals surface area contributed by atoms with Crippen LogP contribution >= 0.6 is 12.2 Å². The standard InChI is InChI=1S/C15H11FN2O2S/c16-11-4-1-3-10(7-11)9-18-14(19)13(17-15(18)21)8-12-5-2-6-20-12/h1-8H,9H2,(H,17,21)/b13-8-. The first-order chi connectivity index (χ1) is 10.1. The molecule has 1 aliphatic rings. The van der Waals surface area contributed by atoms with Gasteiger partial charge in [0.1, 0.15) is 17.3 Å². The van der Waals surface area contributed by atoms with Gasteiger partial charge in [0.05, 0.1) is 12.8 Å². The van der Waals surface area contributed by atoms with Crippen molar-refractivity contribution in [1.29, 1.82) is 0 Å². The van der Waals surface area contributed by atoms with E-state index in [0.717, 1.165) is 0 Å². The Bertz CT molecular complexity index is 725. The molecule has 0 radical (unpaired) electrons. The van der Waals surface area contributed by atoms with Crippen LogP contribution in [0.1, 0.15) is 11.3 Å². The summed E-state index contributed by atoms with van der Waals surface area (Å²) in [5.74, 6) is -0.0497. The predicted molar refractivity (Wildman–Crippen MR) is 79.4 cm³/mol. The summed E-state index contributed by atoms with van der Waals surface area (Å²) < 4.78 is 18.4. The molecule has 1 aromatic carbocycles. The summed E-state index contributed by atoms with van der Waals surface area (Å²) in [5.41, 5.74) is 1.01. The van der Waals surface area contributed by atoms with Gasteiger partial charge in [-0.3, -0.25) is 9.69 Å². The van der Waals surface area contributed by atoms with E-state index in [1.165, 1.54) is 23.3 Å². The fraction of sp³-hybridized carbons (Fsp3) is 0.0667. The number of halogens is 1. The largest absolute Gasteiger partial charge is 0.465 e. The molecule has 1 fully saturated rings. The minimum Gasteiger partial charge on any atom is -0.465 e. The third kappa shape index (κ3) is 2.85. The molecule has 2 heterocycles. The van der Waals surface area contributed by atoms with Crippen LogP contribution < -0.4 is 5.32 Å². The highest BCUT2D eigenvalue weighted by Gasteiger charge is 2.30. The van der Waals surface area contributed by atoms with E-state index in [9.17, 15) is 9.18 Å². The highest BCUT2D eigenvalue weighted by molar-refractivity contribution is 7.80. The maximum atomic E-state index is 13.2. The van der Waals surface area contributed by atoms with Gasteiger partial charge in [-0.15, -0.1) is 0 Å². The quantitative estimate of drug-likeness (QED) is 0.699. The van der Waals surface area contributed by atoms with Crippen LogP contribution in [0.4, 0.5) is 4.39 Å². The summed E-state index contributed by atoms with van der Waals surface area (Å²) in [6.07, 6.45) is 3.11. The number of carbonyl (C=O) groups excluding carboxylic acids is 1. The molecule has 0 aliphatic carbocycles. The number of nitrogens with one attached hydrogen (secondary N) is 1. The maximum Gasteiger partial charge on any atom is 0.276 e. The molecule has 1 aliphatic heterocycles. The Morgan fingerprint density at radius 2 is 2.19 bits per heavy atom. The van der Waals surface area contributed by atoms with Crippen molar-refractivity contribution in [1.82, 2.24) is 10.2 Å². The van der Waals surface area contributed by atoms with Gasteiger partial charge in [-0.1, -0.05) is 12.1 Å². The van der Waals surface area contributed by atoms with E-state index < -0.39 is 0 Å². The number of hydrogen-bond acceptors (Lipinski definition) is 3. The van der Waals surface area contributed by atoms with Crippen LogP contribution in [0.2, 0.25) is 0 Å². The second-order valence-electron chi connectivity index (χ2n) is 4.52. The summed E-state index contributed by atoms with van der Waals surface area (Å²) in [6, 6.07) is 9.54. The van der Waals surface area contributed by atoms with Gasteiger partial charge in [0.25, 0.3) is 5.91 Å². The van der Waals surface area contributed by atoms with Crippen LogP contribution in [0.3, 0.4) is 0 Å². The first kappa shape index (κ1) is 13.5. The van der Waals surface area contributed by atoms with Gasteiger partial charge < -0.3 is 9.73 Å². The summed E-state index contributed by atoms with van der Waals surface area (Å²) in [6.45, 7) is 0.220. The average molecular weight is 302 g/mol. The Morgan fingerprint density at radius 3 is 2.90 bits per heavy atom. The smallest absolute Gasteiger partial charge is 0.276 e. The molecule has 0 unspecified atom stereocenters. The molecule has 1 aromatic heterocycles. The minimum absolute atomic E-state index is 0.220. The lowest BCUT2D eigenvalue weighted by molar-refractivity contribution is -0.122. The Morgan fingerprint density at radius 1 is 1.33 bits per heavy atom. The zero-order chi connectivity index (χ0) is 14.8. The molecule has 0 atom stereocenters. The van der Waals surface area contributed by atoms with Crippen molar-refractivity contribution in [3.63, 3.8) is 0 Å². The molecule has 6 heteroatoms. The average Bonchev–Trinajstić information content (AvgIpc) is 3.04. The molecule has 0 spiro atoms. The lowest BCUT2D eigenvalue weighted by atomic mass is 10.2. The number of amides is 1. The van der Waals surface area contributed by atoms with Crippen molar-refractivity contribution in [2.75, 3.05) is 0 Å². The number of hydrogen-bond donors (Lipinski definition) is 1. The first-order valence-electron chi connectivity index (χ1n) is 6.26. The molecule has 3 rings (SSSR count). The molecule has 0 saturated carbocycles. The fourth-order valence-electron chi connectivity index (χ4n) is 2.05. The minimum atomic E-state index is -0.343. The van der Waals surface area contributed by atoms with Crippen molar-refractivity contribution < 1.29 is 13.6 Å². The third-order valence-corrected chi connectivity index (χ3v) is 3.34. The van der Waals surface area contributed by atoms with Crippen LogP contribution in [-0.4, -0.2) is 15.9 Å². The van der Waals surface area contributed by atoms with Crippen molar-refractivity contribution in [3.8, 4) is 0 Å². The molecule has 21 heavy (non-hydrogen) atoms. The number of thiocarbonyl (C=S) groups is 1. The number of furan rings is 1. The van der Waals surface area contributed by atoms with Crippen LogP contribution in [0.5, 0.6) is 0 Å². The Kier molecular flexibility index (Phi) is 3.53. The van der Waals surface area contributed by atoms with Gasteiger partial charge >= 0.3 is 0 Å². The van der Waals surface area contributed by atoms with Gasteiger partial charge in [0, 0.05) is 6.08 Å². The summed E-state index contributed by atoms with van der Waals surface area (Å²) in [5, 5.41) is 3.14. The monoisotopic (exact) mass is 302 g/mol. The number of rotatable bonds is 3. The van der Waals surface area contributed by atoms with Crippen molar-refractivity contribution in [3.05, 3.63) is 65.5 Å². The topological polar surface area (TPSA) is 45.5 Å². The SMILES string of the molecule is O=C1/C(=C/c2ccco2)NC(=S)N1Cc1cccc(F)c1. The zero-order valence-corrected chi connectivity index (χ0v) is 11.7. The predicted octanol–water partition coefficient (Wildman–Crippen LogP) is 2.68. The normalized spacial score (nSPS) is 16.6. The molecule has 0 bridgehead atoms. The van der Waals surface area contributed by atoms with Crippen LogP contribution in [0.25, 0.3) is 6.08 Å². The van der Waals surface area contributed by atoms with Gasteiger partial charge in [-0.05, 0) is 42.0 Å². The van der Waals surface area contributed by atoms with E-state index in [-0.39, 0.29) is 18.3 Å². The third-order valence-electron chi connectivity index (χ3n) is 3.02. The van der Waals surface area contributed by atoms with E-state index in [0.29, 0.717) is 22.1 Å². The summed E-state index contributed by atoms with van der Waals surface area (Å²) in [7, 11) is 0. The van der Waals surface area contributed by atoms with E-state index >= 15 is 0 Å². The van der Waals surface area contributed by atoms with Gasteiger partial charge in [0.15, 0.2) is 5.11 Å². The van der Waals surface area contributed by atoms with Gasteiger partial charge in [0.2, 0.25) is 0 Å². The van der Waals surface area contributed by atoms with Crippen LogP contribution in [0, 0.1) is 5.82 Å². The van der Waals surface area contributed by atoms with E-state index in [4.69, 9.17) is 16.6 Å². The number of carbonyl (C=O) groups is 1. The fourth-order valence-corrected chi connectivity index (χ4v) is 2.31. The second-order valence-corrected chi connectivity index (χ2v) is 4.91.